The largest absolute Gasteiger partial charge is 0.497 e. The topological polar surface area (TPSA) is 75.6 Å². The normalized spacial score (nSPS) is 26.3. The molecule has 0 aliphatic heterocycles. The zero-order valence-corrected chi connectivity index (χ0v) is 15.5. The molecular formula is C20H29NO4. The van der Waals surface area contributed by atoms with E-state index in [0.29, 0.717) is 23.7 Å². The fourth-order valence-corrected chi connectivity index (χ4v) is 3.83. The molecule has 25 heavy (non-hydrogen) atoms. The van der Waals surface area contributed by atoms with E-state index in [2.05, 4.69) is 12.2 Å². The highest BCUT2D eigenvalue weighted by Crippen LogP contribution is 2.41. The molecule has 2 N–H and O–H groups in total. The number of hydrogen-bond donors (Lipinski definition) is 2. The molecule has 0 spiro atoms. The maximum Gasteiger partial charge on any atom is 0.252 e. The van der Waals surface area contributed by atoms with Gasteiger partial charge >= 0.3 is 0 Å². The van der Waals surface area contributed by atoms with Crippen LogP contribution in [0.4, 0.5) is 0 Å². The van der Waals surface area contributed by atoms with Crippen molar-refractivity contribution in [2.24, 2.45) is 17.8 Å². The van der Waals surface area contributed by atoms with E-state index < -0.39 is 11.5 Å². The molecule has 5 nitrogen and oxygen atoms in total. The zero-order valence-electron chi connectivity index (χ0n) is 15.5. The van der Waals surface area contributed by atoms with E-state index in [0.717, 1.165) is 12.8 Å². The number of nitrogens with one attached hydrogen (secondary N) is 1. The minimum atomic E-state index is -1.40. The highest BCUT2D eigenvalue weighted by Gasteiger charge is 2.48. The van der Waals surface area contributed by atoms with Crippen molar-refractivity contribution >= 4 is 11.7 Å². The molecule has 2 rings (SSSR count). The second-order valence-electron chi connectivity index (χ2n) is 7.50. The lowest BCUT2D eigenvalue weighted by atomic mass is 9.66. The molecule has 5 heteroatoms. The second kappa shape index (κ2) is 8.00. The van der Waals surface area contributed by atoms with Crippen LogP contribution < -0.4 is 10.1 Å². The fraction of sp³-hybridized carbons (Fsp3) is 0.600. The fourth-order valence-electron chi connectivity index (χ4n) is 3.83. The van der Waals surface area contributed by atoms with Crippen molar-refractivity contribution in [3.63, 3.8) is 0 Å². The summed E-state index contributed by atoms with van der Waals surface area (Å²) in [6, 6.07) is 6.75. The Morgan fingerprint density at radius 3 is 2.48 bits per heavy atom. The number of rotatable bonds is 6. The van der Waals surface area contributed by atoms with Gasteiger partial charge in [0.2, 0.25) is 0 Å². The van der Waals surface area contributed by atoms with Crippen molar-refractivity contribution in [2.45, 2.75) is 45.6 Å². The Hall–Kier alpha value is -1.88. The average Bonchev–Trinajstić information content (AvgIpc) is 2.58. The SMILES string of the molecule is COc1ccc(C(=O)CNC(=O)[C@]2(O)C[C@H](C)CC[C@H]2C(C)C)cc1. The quantitative estimate of drug-likeness (QED) is 0.776. The number of carbonyl (C=O) groups excluding carboxylic acids is 2. The highest BCUT2D eigenvalue weighted by molar-refractivity contribution is 6.00. The average molecular weight is 347 g/mol. The maximum atomic E-state index is 12.7. The minimum Gasteiger partial charge on any atom is -0.497 e. The van der Waals surface area contributed by atoms with E-state index >= 15 is 0 Å². The molecule has 1 aromatic rings. The van der Waals surface area contributed by atoms with Gasteiger partial charge in [0.25, 0.3) is 5.91 Å². The Morgan fingerprint density at radius 1 is 1.28 bits per heavy atom. The molecule has 0 saturated heterocycles. The standard InChI is InChI=1S/C20H29NO4/c1-13(2)17-10-5-14(3)11-20(17,24)19(23)21-12-18(22)15-6-8-16(25-4)9-7-15/h6-9,13-14,17,24H,5,10-12H2,1-4H3,(H,21,23)/t14-,17+,20+/m1/s1. The maximum absolute atomic E-state index is 12.7. The third-order valence-electron chi connectivity index (χ3n) is 5.26. The molecule has 138 valence electrons. The highest BCUT2D eigenvalue weighted by atomic mass is 16.5. The van der Waals surface area contributed by atoms with E-state index in [1.165, 1.54) is 0 Å². The first-order valence-corrected chi connectivity index (χ1v) is 8.96. The van der Waals surface area contributed by atoms with Crippen molar-refractivity contribution in [3.05, 3.63) is 29.8 Å². The van der Waals surface area contributed by atoms with Crippen LogP contribution in [-0.2, 0) is 4.79 Å². The summed E-state index contributed by atoms with van der Waals surface area (Å²) in [5.74, 6) is 0.471. The summed E-state index contributed by atoms with van der Waals surface area (Å²) in [4.78, 5) is 25.0. The summed E-state index contributed by atoms with van der Waals surface area (Å²) < 4.78 is 5.07. The Labute approximate surface area is 149 Å². The molecule has 0 aromatic heterocycles. The van der Waals surface area contributed by atoms with Crippen LogP contribution >= 0.6 is 0 Å². The van der Waals surface area contributed by atoms with Gasteiger partial charge in [-0.1, -0.05) is 27.2 Å². The van der Waals surface area contributed by atoms with Crippen LogP contribution in [0.2, 0.25) is 0 Å². The van der Waals surface area contributed by atoms with Crippen molar-refractivity contribution < 1.29 is 19.4 Å². The number of aliphatic hydroxyl groups is 1. The van der Waals surface area contributed by atoms with E-state index in [1.54, 1.807) is 31.4 Å². The Bertz CT molecular complexity index is 611. The van der Waals surface area contributed by atoms with Gasteiger partial charge in [-0.15, -0.1) is 0 Å². The summed E-state index contributed by atoms with van der Waals surface area (Å²) in [6.07, 6.45) is 2.29. The van der Waals surface area contributed by atoms with Crippen LogP contribution in [0.5, 0.6) is 5.75 Å². The molecule has 1 saturated carbocycles. The first-order chi connectivity index (χ1) is 11.8. The molecule has 0 radical (unpaired) electrons. The summed E-state index contributed by atoms with van der Waals surface area (Å²) in [5.41, 5.74) is -0.892. The first-order valence-electron chi connectivity index (χ1n) is 8.96. The van der Waals surface area contributed by atoms with Gasteiger partial charge in [-0.3, -0.25) is 9.59 Å². The number of Topliss-reactive ketones (excluding diaryl/α,β-unsaturated/α-hetero) is 1. The molecule has 3 atom stereocenters. The van der Waals surface area contributed by atoms with E-state index in [9.17, 15) is 14.7 Å². The molecule has 1 aromatic carbocycles. The summed E-state index contributed by atoms with van der Waals surface area (Å²) in [7, 11) is 1.56. The van der Waals surface area contributed by atoms with Crippen LogP contribution in [-0.4, -0.2) is 36.1 Å². The van der Waals surface area contributed by atoms with E-state index in [4.69, 9.17) is 4.74 Å². The predicted octanol–water partition coefficient (Wildman–Crippen LogP) is 2.82. The van der Waals surface area contributed by atoms with Crippen LogP contribution in [0.3, 0.4) is 0 Å². The molecule has 0 bridgehead atoms. The molecule has 1 amide bonds. The van der Waals surface area contributed by atoms with Crippen molar-refractivity contribution in [1.29, 1.82) is 0 Å². The minimum absolute atomic E-state index is 0.0835. The van der Waals surface area contributed by atoms with Gasteiger partial charge in [0.05, 0.1) is 13.7 Å². The van der Waals surface area contributed by atoms with Gasteiger partial charge in [-0.2, -0.15) is 0 Å². The third kappa shape index (κ3) is 4.40. The number of ketones is 1. The predicted molar refractivity (Wildman–Crippen MR) is 96.6 cm³/mol. The molecule has 0 unspecified atom stereocenters. The van der Waals surface area contributed by atoms with Crippen LogP contribution in [0.25, 0.3) is 0 Å². The second-order valence-corrected chi connectivity index (χ2v) is 7.50. The van der Waals surface area contributed by atoms with Crippen LogP contribution in [0, 0.1) is 17.8 Å². The van der Waals surface area contributed by atoms with Crippen LogP contribution in [0.15, 0.2) is 24.3 Å². The first kappa shape index (κ1) is 19.4. The molecule has 1 aliphatic carbocycles. The van der Waals surface area contributed by atoms with Crippen molar-refractivity contribution in [3.8, 4) is 5.75 Å². The van der Waals surface area contributed by atoms with Gasteiger partial charge in [-0.05, 0) is 54.9 Å². The van der Waals surface area contributed by atoms with Gasteiger partial charge < -0.3 is 15.2 Å². The van der Waals surface area contributed by atoms with E-state index in [1.807, 2.05) is 13.8 Å². The van der Waals surface area contributed by atoms with Gasteiger partial charge in [0.15, 0.2) is 5.78 Å². The summed E-state index contributed by atoms with van der Waals surface area (Å²) in [6.45, 7) is 5.99. The number of methoxy groups -OCH3 is 1. The third-order valence-corrected chi connectivity index (χ3v) is 5.26. The van der Waals surface area contributed by atoms with Crippen molar-refractivity contribution in [1.82, 2.24) is 5.32 Å². The van der Waals surface area contributed by atoms with Crippen molar-refractivity contribution in [2.75, 3.05) is 13.7 Å². The van der Waals surface area contributed by atoms with Gasteiger partial charge in [-0.25, -0.2) is 0 Å². The summed E-state index contributed by atoms with van der Waals surface area (Å²) in [5, 5.41) is 13.7. The van der Waals surface area contributed by atoms with Crippen LogP contribution in [0.1, 0.15) is 50.4 Å². The van der Waals surface area contributed by atoms with E-state index in [-0.39, 0.29) is 24.2 Å². The Kier molecular flexibility index (Phi) is 6.22. The zero-order chi connectivity index (χ0) is 18.6. The lowest BCUT2D eigenvalue weighted by molar-refractivity contribution is -0.155. The number of amides is 1. The Morgan fingerprint density at radius 2 is 1.92 bits per heavy atom. The lowest BCUT2D eigenvalue weighted by Crippen LogP contribution is -2.56. The molecule has 1 aliphatic rings. The monoisotopic (exact) mass is 347 g/mol. The smallest absolute Gasteiger partial charge is 0.252 e. The number of carbonyl (C=O) groups is 2. The number of ether oxygens (including phenoxy) is 1. The van der Waals surface area contributed by atoms with Gasteiger partial charge in [0, 0.05) is 5.56 Å². The summed E-state index contributed by atoms with van der Waals surface area (Å²) >= 11 is 0. The van der Waals surface area contributed by atoms with Gasteiger partial charge in [0.1, 0.15) is 11.4 Å². The number of benzene rings is 1. The molecule has 0 heterocycles. The molecule has 1 fully saturated rings. The lowest BCUT2D eigenvalue weighted by Gasteiger charge is -2.43. The Balaban J connectivity index is 2.02. The molecular weight excluding hydrogens is 318 g/mol. The number of hydrogen-bond acceptors (Lipinski definition) is 4.